The Morgan fingerprint density at radius 2 is 1.73 bits per heavy atom. The summed E-state index contributed by atoms with van der Waals surface area (Å²) in [6.45, 7) is 5.61. The predicted molar refractivity (Wildman–Crippen MR) is 83.8 cm³/mol. The number of ether oxygens (including phenoxy) is 2. The van der Waals surface area contributed by atoms with Gasteiger partial charge in [0.05, 0.1) is 12.2 Å². The number of rotatable bonds is 5. The van der Waals surface area contributed by atoms with Crippen molar-refractivity contribution < 1.29 is 19.1 Å². The van der Waals surface area contributed by atoms with Gasteiger partial charge in [-0.15, -0.1) is 0 Å². The van der Waals surface area contributed by atoms with Crippen molar-refractivity contribution in [2.24, 2.45) is 0 Å². The van der Waals surface area contributed by atoms with Gasteiger partial charge in [0.2, 0.25) is 0 Å². The highest BCUT2D eigenvalue weighted by Gasteiger charge is 2.17. The Morgan fingerprint density at radius 3 is 2.41 bits per heavy atom. The van der Waals surface area contributed by atoms with Crippen LogP contribution in [0.3, 0.4) is 0 Å². The Hall–Kier alpha value is -2.62. The van der Waals surface area contributed by atoms with E-state index in [0.717, 1.165) is 5.56 Å². The minimum Gasteiger partial charge on any atom is -0.493 e. The number of carbonyl (C=O) groups excluding carboxylic acids is 2. The molecule has 0 fully saturated rings. The molecule has 0 atom stereocenters. The lowest BCUT2D eigenvalue weighted by Gasteiger charge is -2.12. The van der Waals surface area contributed by atoms with Gasteiger partial charge in [0.25, 0.3) is 0 Å². The molecule has 0 bridgehead atoms. The monoisotopic (exact) mass is 298 g/mol. The summed E-state index contributed by atoms with van der Waals surface area (Å²) in [4.78, 5) is 24.0. The van der Waals surface area contributed by atoms with E-state index in [-0.39, 0.29) is 11.5 Å². The summed E-state index contributed by atoms with van der Waals surface area (Å²) in [5.74, 6) is 0.0360. The molecule has 2 rings (SSSR count). The molecule has 4 nitrogen and oxygen atoms in total. The largest absolute Gasteiger partial charge is 0.493 e. The maximum Gasteiger partial charge on any atom is 0.347 e. The number of para-hydroxylation sites is 1. The van der Waals surface area contributed by atoms with Crippen LogP contribution in [0.15, 0.2) is 42.5 Å². The zero-order chi connectivity index (χ0) is 16.1. The number of aryl methyl sites for hydroxylation is 1. The number of ketones is 1. The summed E-state index contributed by atoms with van der Waals surface area (Å²) in [6.07, 6.45) is 0. The number of hydrogen-bond acceptors (Lipinski definition) is 4. The van der Waals surface area contributed by atoms with Gasteiger partial charge < -0.3 is 9.47 Å². The molecular formula is C18H18O4. The lowest BCUT2D eigenvalue weighted by molar-refractivity contribution is 0.0728. The highest BCUT2D eigenvalue weighted by Crippen LogP contribution is 2.24. The first-order chi connectivity index (χ1) is 10.5. The second-order valence-corrected chi connectivity index (χ2v) is 4.87. The fourth-order valence-electron chi connectivity index (χ4n) is 2.08. The summed E-state index contributed by atoms with van der Waals surface area (Å²) in [7, 11) is 0. The molecule has 114 valence electrons. The van der Waals surface area contributed by atoms with Crippen molar-refractivity contribution in [3.8, 4) is 11.5 Å². The van der Waals surface area contributed by atoms with Crippen molar-refractivity contribution in [3.63, 3.8) is 0 Å². The molecule has 2 aromatic carbocycles. The lowest BCUT2D eigenvalue weighted by Crippen LogP contribution is -2.13. The molecule has 0 N–H and O–H groups in total. The van der Waals surface area contributed by atoms with Gasteiger partial charge in [-0.2, -0.15) is 0 Å². The zero-order valence-electron chi connectivity index (χ0n) is 12.9. The molecule has 2 aromatic rings. The third-order valence-corrected chi connectivity index (χ3v) is 3.13. The van der Waals surface area contributed by atoms with E-state index >= 15 is 0 Å². The van der Waals surface area contributed by atoms with Crippen LogP contribution in [0.25, 0.3) is 0 Å². The summed E-state index contributed by atoms with van der Waals surface area (Å²) < 4.78 is 10.9. The molecule has 0 aromatic heterocycles. The summed E-state index contributed by atoms with van der Waals surface area (Å²) in [6, 6.07) is 12.0. The third kappa shape index (κ3) is 3.52. The van der Waals surface area contributed by atoms with Gasteiger partial charge in [0.15, 0.2) is 5.78 Å². The van der Waals surface area contributed by atoms with Crippen LogP contribution in [0.5, 0.6) is 11.5 Å². The van der Waals surface area contributed by atoms with Gasteiger partial charge >= 0.3 is 5.97 Å². The van der Waals surface area contributed by atoms with Crippen LogP contribution in [-0.2, 0) is 0 Å². The predicted octanol–water partition coefficient (Wildman–Crippen LogP) is 3.82. The van der Waals surface area contributed by atoms with E-state index in [1.807, 2.05) is 19.9 Å². The molecule has 0 heterocycles. The number of Topliss-reactive ketones (excluding diaryl/α,β-unsaturated/α-hetero) is 1. The molecule has 0 spiro atoms. The van der Waals surface area contributed by atoms with Crippen molar-refractivity contribution in [2.75, 3.05) is 6.61 Å². The first-order valence-electron chi connectivity index (χ1n) is 7.08. The Kier molecular flexibility index (Phi) is 4.94. The average molecular weight is 298 g/mol. The number of carbonyl (C=O) groups is 2. The first kappa shape index (κ1) is 15.8. The normalized spacial score (nSPS) is 10.1. The highest BCUT2D eigenvalue weighted by atomic mass is 16.5. The molecule has 0 radical (unpaired) electrons. The van der Waals surface area contributed by atoms with Crippen molar-refractivity contribution >= 4 is 11.8 Å². The Balaban J connectivity index is 2.33. The molecule has 0 amide bonds. The van der Waals surface area contributed by atoms with E-state index in [0.29, 0.717) is 23.5 Å². The van der Waals surface area contributed by atoms with Crippen LogP contribution in [0.1, 0.15) is 40.1 Å². The van der Waals surface area contributed by atoms with E-state index in [4.69, 9.17) is 9.47 Å². The molecule has 0 unspecified atom stereocenters. The smallest absolute Gasteiger partial charge is 0.347 e. The second kappa shape index (κ2) is 6.89. The number of benzene rings is 2. The van der Waals surface area contributed by atoms with E-state index in [1.54, 1.807) is 36.4 Å². The molecule has 0 saturated heterocycles. The van der Waals surface area contributed by atoms with Gasteiger partial charge in [-0.25, -0.2) is 4.79 Å². The van der Waals surface area contributed by atoms with E-state index in [9.17, 15) is 9.59 Å². The van der Waals surface area contributed by atoms with Crippen molar-refractivity contribution in [1.82, 2.24) is 0 Å². The zero-order valence-corrected chi connectivity index (χ0v) is 12.9. The van der Waals surface area contributed by atoms with Crippen molar-refractivity contribution in [1.29, 1.82) is 0 Å². The Labute approximate surface area is 129 Å². The van der Waals surface area contributed by atoms with Crippen LogP contribution >= 0.6 is 0 Å². The molecule has 0 aliphatic heterocycles. The molecule has 0 aliphatic rings. The maximum absolute atomic E-state index is 12.4. The van der Waals surface area contributed by atoms with E-state index in [2.05, 4.69) is 0 Å². The minimum absolute atomic E-state index is 0.152. The van der Waals surface area contributed by atoms with Crippen LogP contribution in [0.4, 0.5) is 0 Å². The fourth-order valence-corrected chi connectivity index (χ4v) is 2.08. The van der Waals surface area contributed by atoms with Gasteiger partial charge in [-0.1, -0.05) is 18.2 Å². The number of hydrogen-bond donors (Lipinski definition) is 0. The van der Waals surface area contributed by atoms with Gasteiger partial charge in [-0.3, -0.25) is 4.79 Å². The molecule has 4 heteroatoms. The molecular weight excluding hydrogens is 280 g/mol. The van der Waals surface area contributed by atoms with Gasteiger partial charge in [-0.05, 0) is 50.6 Å². The fraction of sp³-hybridized carbons (Fsp3) is 0.222. The SMILES string of the molecule is CCOc1ccccc1C(=O)Oc1cc(C)ccc1C(C)=O. The minimum atomic E-state index is -0.544. The summed E-state index contributed by atoms with van der Waals surface area (Å²) in [5.41, 5.74) is 1.62. The molecule has 0 saturated carbocycles. The standard InChI is InChI=1S/C18H18O4/c1-4-21-16-8-6-5-7-15(16)18(20)22-17-11-12(2)9-10-14(17)13(3)19/h5-11H,4H2,1-3H3. The van der Waals surface area contributed by atoms with Crippen LogP contribution in [0, 0.1) is 6.92 Å². The molecule has 0 aliphatic carbocycles. The Morgan fingerprint density at radius 1 is 1.00 bits per heavy atom. The summed E-state index contributed by atoms with van der Waals surface area (Å²) in [5, 5.41) is 0. The van der Waals surface area contributed by atoms with Gasteiger partial charge in [0, 0.05) is 0 Å². The topological polar surface area (TPSA) is 52.6 Å². The summed E-state index contributed by atoms with van der Waals surface area (Å²) >= 11 is 0. The first-order valence-corrected chi connectivity index (χ1v) is 7.08. The highest BCUT2D eigenvalue weighted by molar-refractivity contribution is 5.99. The van der Waals surface area contributed by atoms with Crippen LogP contribution in [-0.4, -0.2) is 18.4 Å². The van der Waals surface area contributed by atoms with E-state index < -0.39 is 5.97 Å². The van der Waals surface area contributed by atoms with Gasteiger partial charge in [0.1, 0.15) is 17.1 Å². The van der Waals surface area contributed by atoms with Crippen molar-refractivity contribution in [2.45, 2.75) is 20.8 Å². The second-order valence-electron chi connectivity index (χ2n) is 4.87. The Bertz CT molecular complexity index is 704. The van der Waals surface area contributed by atoms with Crippen LogP contribution in [0.2, 0.25) is 0 Å². The quantitative estimate of drug-likeness (QED) is 0.478. The third-order valence-electron chi connectivity index (χ3n) is 3.13. The lowest BCUT2D eigenvalue weighted by atomic mass is 10.1. The van der Waals surface area contributed by atoms with E-state index in [1.165, 1.54) is 6.92 Å². The average Bonchev–Trinajstić information content (AvgIpc) is 2.47. The maximum atomic E-state index is 12.4. The van der Waals surface area contributed by atoms with Crippen LogP contribution < -0.4 is 9.47 Å². The molecule has 22 heavy (non-hydrogen) atoms. The number of esters is 1. The van der Waals surface area contributed by atoms with Crippen molar-refractivity contribution in [3.05, 3.63) is 59.2 Å².